The maximum atomic E-state index is 4.73. The maximum absolute atomic E-state index is 4.73. The minimum Gasteiger partial charge on any atom is -0.310 e. The first-order chi connectivity index (χ1) is 10.3. The van der Waals surface area contributed by atoms with E-state index in [0.29, 0.717) is 6.04 Å². The zero-order chi connectivity index (χ0) is 14.2. The monoisotopic (exact) mass is 278 g/mol. The van der Waals surface area contributed by atoms with E-state index in [9.17, 15) is 0 Å². The molecule has 4 heteroatoms. The molecule has 0 atom stereocenters. The van der Waals surface area contributed by atoms with Crippen molar-refractivity contribution in [1.82, 2.24) is 20.1 Å². The Morgan fingerprint density at radius 3 is 2.90 bits per heavy atom. The number of rotatable bonds is 4. The first-order valence-electron chi connectivity index (χ1n) is 7.43. The summed E-state index contributed by atoms with van der Waals surface area (Å²) >= 11 is 0. The van der Waals surface area contributed by atoms with Crippen LogP contribution >= 0.6 is 0 Å². The second kappa shape index (κ2) is 4.97. The summed E-state index contributed by atoms with van der Waals surface area (Å²) in [6, 6.07) is 11.2. The minimum absolute atomic E-state index is 0.701. The van der Waals surface area contributed by atoms with Crippen molar-refractivity contribution in [1.29, 1.82) is 0 Å². The zero-order valence-electron chi connectivity index (χ0n) is 12.1. The van der Waals surface area contributed by atoms with Gasteiger partial charge in [-0.05, 0) is 43.0 Å². The summed E-state index contributed by atoms with van der Waals surface area (Å²) in [5, 5.41) is 9.19. The number of benzene rings is 1. The van der Waals surface area contributed by atoms with Crippen LogP contribution in [0.5, 0.6) is 0 Å². The van der Waals surface area contributed by atoms with Crippen LogP contribution in [-0.4, -0.2) is 20.8 Å². The van der Waals surface area contributed by atoms with Gasteiger partial charge in [-0.15, -0.1) is 0 Å². The average Bonchev–Trinajstić information content (AvgIpc) is 3.24. The van der Waals surface area contributed by atoms with Crippen LogP contribution in [0.1, 0.15) is 24.0 Å². The highest BCUT2D eigenvalue weighted by Crippen LogP contribution is 2.23. The lowest BCUT2D eigenvalue weighted by atomic mass is 10.1. The van der Waals surface area contributed by atoms with Gasteiger partial charge in [0, 0.05) is 24.2 Å². The van der Waals surface area contributed by atoms with Crippen molar-refractivity contribution < 1.29 is 0 Å². The standard InChI is InChI=1S/C17H18N4/c1-12-9-19-21(11-12)17-8-13(10-18-14-6-7-14)15-4-2-3-5-16(15)20-17/h2-5,8-9,11,14,18H,6-7,10H2,1H3. The normalized spacial score (nSPS) is 14.7. The van der Waals surface area contributed by atoms with Gasteiger partial charge in [0.05, 0.1) is 11.7 Å². The predicted octanol–water partition coefficient (Wildman–Crippen LogP) is 2.98. The largest absolute Gasteiger partial charge is 0.310 e. The summed E-state index contributed by atoms with van der Waals surface area (Å²) in [5.74, 6) is 0.884. The highest BCUT2D eigenvalue weighted by Gasteiger charge is 2.20. The highest BCUT2D eigenvalue weighted by molar-refractivity contribution is 5.83. The molecule has 106 valence electrons. The van der Waals surface area contributed by atoms with Crippen LogP contribution in [0.15, 0.2) is 42.7 Å². The van der Waals surface area contributed by atoms with Gasteiger partial charge in [0.1, 0.15) is 0 Å². The Balaban J connectivity index is 1.80. The van der Waals surface area contributed by atoms with E-state index in [1.807, 2.05) is 30.1 Å². The van der Waals surface area contributed by atoms with Gasteiger partial charge in [0.15, 0.2) is 5.82 Å². The smallest absolute Gasteiger partial charge is 0.154 e. The van der Waals surface area contributed by atoms with Gasteiger partial charge in [-0.3, -0.25) is 0 Å². The second-order valence-electron chi connectivity index (χ2n) is 5.77. The van der Waals surface area contributed by atoms with Crippen molar-refractivity contribution in [3.8, 4) is 5.82 Å². The SMILES string of the molecule is Cc1cnn(-c2cc(CNC3CC3)c3ccccc3n2)c1. The van der Waals surface area contributed by atoms with Crippen molar-refractivity contribution in [3.63, 3.8) is 0 Å². The number of nitrogens with one attached hydrogen (secondary N) is 1. The Morgan fingerprint density at radius 1 is 1.29 bits per heavy atom. The van der Waals surface area contributed by atoms with E-state index in [4.69, 9.17) is 4.98 Å². The number of aryl methyl sites for hydroxylation is 1. The topological polar surface area (TPSA) is 42.7 Å². The van der Waals surface area contributed by atoms with Crippen LogP contribution in [-0.2, 0) is 6.54 Å². The van der Waals surface area contributed by atoms with Gasteiger partial charge in [-0.2, -0.15) is 5.10 Å². The van der Waals surface area contributed by atoms with Crippen LogP contribution in [0.4, 0.5) is 0 Å². The fourth-order valence-electron chi connectivity index (χ4n) is 2.58. The van der Waals surface area contributed by atoms with E-state index >= 15 is 0 Å². The second-order valence-corrected chi connectivity index (χ2v) is 5.77. The van der Waals surface area contributed by atoms with Gasteiger partial charge in [0.2, 0.25) is 0 Å². The van der Waals surface area contributed by atoms with Crippen LogP contribution in [0.3, 0.4) is 0 Å². The number of hydrogen-bond donors (Lipinski definition) is 1. The first-order valence-corrected chi connectivity index (χ1v) is 7.43. The molecule has 21 heavy (non-hydrogen) atoms. The number of para-hydroxylation sites is 1. The van der Waals surface area contributed by atoms with Crippen molar-refractivity contribution in [3.05, 3.63) is 53.9 Å². The Hall–Kier alpha value is -2.20. The molecule has 3 aromatic rings. The van der Waals surface area contributed by atoms with Gasteiger partial charge < -0.3 is 5.32 Å². The predicted molar refractivity (Wildman–Crippen MR) is 83.5 cm³/mol. The number of pyridine rings is 1. The molecule has 1 fully saturated rings. The van der Waals surface area contributed by atoms with Crippen molar-refractivity contribution in [2.45, 2.75) is 32.4 Å². The summed E-state index contributed by atoms with van der Waals surface area (Å²) in [6.45, 7) is 2.93. The van der Waals surface area contributed by atoms with Crippen LogP contribution < -0.4 is 5.32 Å². The lowest BCUT2D eigenvalue weighted by Crippen LogP contribution is -2.16. The summed E-state index contributed by atoms with van der Waals surface area (Å²) in [7, 11) is 0. The summed E-state index contributed by atoms with van der Waals surface area (Å²) < 4.78 is 1.85. The quantitative estimate of drug-likeness (QED) is 0.798. The Bertz CT molecular complexity index is 786. The lowest BCUT2D eigenvalue weighted by molar-refractivity contribution is 0.689. The minimum atomic E-state index is 0.701. The molecule has 2 heterocycles. The van der Waals surface area contributed by atoms with Gasteiger partial charge in [0.25, 0.3) is 0 Å². The molecule has 0 aliphatic heterocycles. The summed E-state index contributed by atoms with van der Waals surface area (Å²) in [4.78, 5) is 4.73. The van der Waals surface area contributed by atoms with E-state index in [-0.39, 0.29) is 0 Å². The third kappa shape index (κ3) is 2.54. The van der Waals surface area contributed by atoms with Crippen molar-refractivity contribution >= 4 is 10.9 Å². The Labute approximate surface area is 123 Å². The summed E-state index contributed by atoms with van der Waals surface area (Å²) in [5.41, 5.74) is 3.45. The molecule has 1 aliphatic rings. The van der Waals surface area contributed by atoms with E-state index in [2.05, 4.69) is 34.7 Å². The molecule has 0 unspecified atom stereocenters. The molecule has 1 saturated carbocycles. The van der Waals surface area contributed by atoms with Crippen molar-refractivity contribution in [2.75, 3.05) is 0 Å². The first kappa shape index (κ1) is 12.5. The maximum Gasteiger partial charge on any atom is 0.154 e. The van der Waals surface area contributed by atoms with E-state index in [1.54, 1.807) is 0 Å². The molecule has 0 radical (unpaired) electrons. The molecular formula is C17H18N4. The van der Waals surface area contributed by atoms with Crippen molar-refractivity contribution in [2.24, 2.45) is 0 Å². The third-order valence-electron chi connectivity index (χ3n) is 3.89. The van der Waals surface area contributed by atoms with Crippen LogP contribution in [0, 0.1) is 6.92 Å². The molecule has 1 aromatic carbocycles. The average molecular weight is 278 g/mol. The molecule has 4 nitrogen and oxygen atoms in total. The molecule has 0 bridgehead atoms. The number of aromatic nitrogens is 3. The van der Waals surface area contributed by atoms with Crippen LogP contribution in [0.25, 0.3) is 16.7 Å². The van der Waals surface area contributed by atoms with Gasteiger partial charge in [-0.1, -0.05) is 18.2 Å². The lowest BCUT2D eigenvalue weighted by Gasteiger charge is -2.10. The highest BCUT2D eigenvalue weighted by atomic mass is 15.3. The molecule has 1 N–H and O–H groups in total. The number of hydrogen-bond acceptors (Lipinski definition) is 3. The number of nitrogens with zero attached hydrogens (tertiary/aromatic N) is 3. The molecule has 2 aromatic heterocycles. The third-order valence-corrected chi connectivity index (χ3v) is 3.89. The van der Waals surface area contributed by atoms with Gasteiger partial charge >= 0.3 is 0 Å². The molecule has 0 amide bonds. The molecule has 1 aliphatic carbocycles. The van der Waals surface area contributed by atoms with Crippen LogP contribution in [0.2, 0.25) is 0 Å². The Kier molecular flexibility index (Phi) is 2.97. The molecule has 4 rings (SSSR count). The van der Waals surface area contributed by atoms with Gasteiger partial charge in [-0.25, -0.2) is 9.67 Å². The molecular weight excluding hydrogens is 260 g/mol. The van der Waals surface area contributed by atoms with E-state index in [0.717, 1.165) is 23.4 Å². The number of fused-ring (bicyclic) bond motifs is 1. The Morgan fingerprint density at radius 2 is 2.14 bits per heavy atom. The molecule has 0 saturated heterocycles. The van der Waals surface area contributed by atoms with E-state index < -0.39 is 0 Å². The van der Waals surface area contributed by atoms with E-state index in [1.165, 1.54) is 23.8 Å². The molecule has 0 spiro atoms. The fourth-order valence-corrected chi connectivity index (χ4v) is 2.58. The fraction of sp³-hybridized carbons (Fsp3) is 0.294. The zero-order valence-corrected chi connectivity index (χ0v) is 12.1. The summed E-state index contributed by atoms with van der Waals surface area (Å²) in [6.07, 6.45) is 6.47.